The third kappa shape index (κ3) is 3.08. The highest BCUT2D eigenvalue weighted by molar-refractivity contribution is 9.10. The summed E-state index contributed by atoms with van der Waals surface area (Å²) < 4.78 is 0.195. The van der Waals surface area contributed by atoms with Gasteiger partial charge < -0.3 is 10.4 Å². The van der Waals surface area contributed by atoms with Crippen molar-refractivity contribution in [3.05, 3.63) is 61.5 Å². The number of phenolic OH excluding ortho intramolecular Hbond substituents is 1. The van der Waals surface area contributed by atoms with Gasteiger partial charge in [-0.25, -0.2) is 0 Å². The number of thioether (sulfide) groups is 1. The summed E-state index contributed by atoms with van der Waals surface area (Å²) >= 11 is 4.32. The van der Waals surface area contributed by atoms with Gasteiger partial charge in [0.2, 0.25) is 0 Å². The first kappa shape index (κ1) is 15.6. The molecule has 0 unspecified atom stereocenters. The highest BCUT2D eigenvalue weighted by atomic mass is 79.9. The molecule has 0 saturated heterocycles. The topological polar surface area (TPSA) is 92.5 Å². The molecule has 116 valence electrons. The van der Waals surface area contributed by atoms with Gasteiger partial charge in [0.15, 0.2) is 0 Å². The maximum Gasteiger partial charge on any atom is 0.271 e. The molecule has 6 nitrogen and oxygen atoms in total. The van der Waals surface area contributed by atoms with E-state index in [0.29, 0.717) is 10.6 Å². The fourth-order valence-corrected chi connectivity index (χ4v) is 3.47. The molecular weight excluding hydrogens is 384 g/mol. The molecule has 8 heteroatoms. The Kier molecular flexibility index (Phi) is 4.10. The minimum atomic E-state index is -0.560. The van der Waals surface area contributed by atoms with Crippen molar-refractivity contribution in [2.75, 3.05) is 5.32 Å². The standard InChI is InChI=1S/C15H9BrN2O4S/c16-10-7-9(18(21)22)5-8(14(10)19)6-13-15(20)17-11-3-1-2-4-12(11)23-13/h1-7,19H,(H,17,20)/b13-6-. The molecule has 1 heterocycles. The number of aromatic hydroxyl groups is 1. The van der Waals surface area contributed by atoms with Crippen LogP contribution in [0.15, 0.2) is 50.7 Å². The van der Waals surface area contributed by atoms with E-state index >= 15 is 0 Å². The van der Waals surface area contributed by atoms with Crippen LogP contribution in [0.4, 0.5) is 11.4 Å². The highest BCUT2D eigenvalue weighted by Crippen LogP contribution is 2.40. The zero-order valence-electron chi connectivity index (χ0n) is 11.4. The molecule has 23 heavy (non-hydrogen) atoms. The molecule has 2 aromatic carbocycles. The molecule has 1 aliphatic rings. The smallest absolute Gasteiger partial charge is 0.271 e. The lowest BCUT2D eigenvalue weighted by atomic mass is 10.1. The molecule has 0 fully saturated rings. The Morgan fingerprint density at radius 3 is 2.78 bits per heavy atom. The van der Waals surface area contributed by atoms with Gasteiger partial charge in [0.1, 0.15) is 5.75 Å². The Hall–Kier alpha value is -2.32. The molecule has 0 spiro atoms. The van der Waals surface area contributed by atoms with Gasteiger partial charge in [-0.1, -0.05) is 23.9 Å². The van der Waals surface area contributed by atoms with E-state index in [-0.39, 0.29) is 27.4 Å². The van der Waals surface area contributed by atoms with E-state index in [1.165, 1.54) is 30.0 Å². The van der Waals surface area contributed by atoms with Crippen molar-refractivity contribution in [1.82, 2.24) is 0 Å². The van der Waals surface area contributed by atoms with Crippen LogP contribution in [0.2, 0.25) is 0 Å². The molecule has 1 aliphatic heterocycles. The normalized spacial score (nSPS) is 15.2. The largest absolute Gasteiger partial charge is 0.506 e. The van der Waals surface area contributed by atoms with Gasteiger partial charge in [0.05, 0.1) is 20.0 Å². The van der Waals surface area contributed by atoms with Crippen molar-refractivity contribution in [1.29, 1.82) is 0 Å². The van der Waals surface area contributed by atoms with E-state index in [4.69, 9.17) is 0 Å². The molecule has 0 aromatic heterocycles. The van der Waals surface area contributed by atoms with E-state index in [9.17, 15) is 20.0 Å². The summed E-state index contributed by atoms with van der Waals surface area (Å²) in [5.41, 5.74) is 0.732. The predicted molar refractivity (Wildman–Crippen MR) is 91.4 cm³/mol. The number of non-ortho nitro benzene ring substituents is 1. The highest BCUT2D eigenvalue weighted by Gasteiger charge is 2.22. The first-order valence-electron chi connectivity index (χ1n) is 6.42. The monoisotopic (exact) mass is 392 g/mol. The summed E-state index contributed by atoms with van der Waals surface area (Å²) in [6.45, 7) is 0. The van der Waals surface area contributed by atoms with Crippen LogP contribution in [-0.2, 0) is 4.79 Å². The lowest BCUT2D eigenvalue weighted by Gasteiger charge is -2.18. The number of nitrogens with zero attached hydrogens (tertiary/aromatic N) is 1. The van der Waals surface area contributed by atoms with Gasteiger partial charge in [0, 0.05) is 22.6 Å². The molecule has 3 rings (SSSR count). The quantitative estimate of drug-likeness (QED) is 0.454. The molecule has 2 aromatic rings. The number of phenols is 1. The first-order valence-corrected chi connectivity index (χ1v) is 8.03. The summed E-state index contributed by atoms with van der Waals surface area (Å²) in [5, 5.41) is 23.7. The summed E-state index contributed by atoms with van der Waals surface area (Å²) in [6, 6.07) is 9.75. The maximum atomic E-state index is 12.1. The number of amides is 1. The number of fused-ring (bicyclic) bond motifs is 1. The number of carbonyl (C=O) groups is 1. The minimum Gasteiger partial charge on any atom is -0.506 e. The Balaban J connectivity index is 2.05. The Morgan fingerprint density at radius 1 is 1.30 bits per heavy atom. The van der Waals surface area contributed by atoms with E-state index in [1.54, 1.807) is 6.07 Å². The van der Waals surface area contributed by atoms with Crippen molar-refractivity contribution < 1.29 is 14.8 Å². The Bertz CT molecular complexity index is 867. The third-order valence-electron chi connectivity index (χ3n) is 3.15. The number of hydrogen-bond donors (Lipinski definition) is 2. The summed E-state index contributed by atoms with van der Waals surface area (Å²) in [6.07, 6.45) is 1.43. The number of para-hydroxylation sites is 1. The van der Waals surface area contributed by atoms with Crippen LogP contribution in [0.3, 0.4) is 0 Å². The number of carbonyl (C=O) groups excluding carboxylic acids is 1. The van der Waals surface area contributed by atoms with Crippen LogP contribution in [0, 0.1) is 10.1 Å². The molecule has 1 amide bonds. The molecule has 0 aliphatic carbocycles. The fourth-order valence-electron chi connectivity index (χ4n) is 2.06. The van der Waals surface area contributed by atoms with Gasteiger partial charge in [-0.15, -0.1) is 0 Å². The molecule has 0 radical (unpaired) electrons. The summed E-state index contributed by atoms with van der Waals surface area (Å²) in [5.74, 6) is -0.480. The SMILES string of the molecule is O=C1Nc2ccccc2S/C1=C\c1cc([N+](=O)[O-])cc(Br)c1O. The second kappa shape index (κ2) is 6.05. The van der Waals surface area contributed by atoms with Crippen LogP contribution in [0.5, 0.6) is 5.75 Å². The average molecular weight is 393 g/mol. The summed E-state index contributed by atoms with van der Waals surface area (Å²) in [4.78, 5) is 23.7. The van der Waals surface area contributed by atoms with Gasteiger partial charge in [-0.2, -0.15) is 0 Å². The van der Waals surface area contributed by atoms with Crippen LogP contribution >= 0.6 is 27.7 Å². The zero-order valence-corrected chi connectivity index (χ0v) is 13.8. The molecule has 0 bridgehead atoms. The van der Waals surface area contributed by atoms with Crippen molar-refractivity contribution >= 4 is 51.0 Å². The molecule has 0 atom stereocenters. The average Bonchev–Trinajstić information content (AvgIpc) is 2.52. The maximum absolute atomic E-state index is 12.1. The first-order chi connectivity index (χ1) is 11.0. The zero-order chi connectivity index (χ0) is 16.6. The number of anilines is 1. The van der Waals surface area contributed by atoms with Crippen molar-refractivity contribution in [3.8, 4) is 5.75 Å². The van der Waals surface area contributed by atoms with E-state index in [1.807, 2.05) is 18.2 Å². The second-order valence-electron chi connectivity index (χ2n) is 4.68. The minimum absolute atomic E-state index is 0.157. The van der Waals surface area contributed by atoms with Crippen LogP contribution in [0.25, 0.3) is 6.08 Å². The van der Waals surface area contributed by atoms with Crippen molar-refractivity contribution in [3.63, 3.8) is 0 Å². The van der Waals surface area contributed by atoms with E-state index in [0.717, 1.165) is 4.90 Å². The lowest BCUT2D eigenvalue weighted by molar-refractivity contribution is -0.385. The molecule has 2 N–H and O–H groups in total. The van der Waals surface area contributed by atoms with Gasteiger partial charge in [-0.05, 0) is 34.1 Å². The van der Waals surface area contributed by atoms with E-state index in [2.05, 4.69) is 21.2 Å². The van der Waals surface area contributed by atoms with E-state index < -0.39 is 4.92 Å². The second-order valence-corrected chi connectivity index (χ2v) is 6.62. The Morgan fingerprint density at radius 2 is 2.04 bits per heavy atom. The Labute approximate surface area is 143 Å². The van der Waals surface area contributed by atoms with Crippen LogP contribution in [0.1, 0.15) is 5.56 Å². The number of nitro benzene ring substituents is 1. The van der Waals surface area contributed by atoms with Gasteiger partial charge in [0.25, 0.3) is 11.6 Å². The number of benzene rings is 2. The number of nitro groups is 1. The van der Waals surface area contributed by atoms with Gasteiger partial charge in [-0.3, -0.25) is 14.9 Å². The van der Waals surface area contributed by atoms with Crippen LogP contribution < -0.4 is 5.32 Å². The fraction of sp³-hybridized carbons (Fsp3) is 0. The van der Waals surface area contributed by atoms with Crippen molar-refractivity contribution in [2.45, 2.75) is 4.90 Å². The van der Waals surface area contributed by atoms with Crippen molar-refractivity contribution in [2.24, 2.45) is 0 Å². The number of hydrogen-bond acceptors (Lipinski definition) is 5. The third-order valence-corrected chi connectivity index (χ3v) is 4.86. The molecular formula is C15H9BrN2O4S. The van der Waals surface area contributed by atoms with Crippen LogP contribution in [-0.4, -0.2) is 15.9 Å². The lowest BCUT2D eigenvalue weighted by Crippen LogP contribution is -2.17. The number of halogens is 1. The molecule has 0 saturated carbocycles. The van der Waals surface area contributed by atoms with Gasteiger partial charge >= 0.3 is 0 Å². The summed E-state index contributed by atoms with van der Waals surface area (Å²) in [7, 11) is 0. The number of rotatable bonds is 2. The number of nitrogens with one attached hydrogen (secondary N) is 1. The predicted octanol–water partition coefficient (Wildman–Crippen LogP) is 4.15.